The Hall–Kier alpha value is -0.650. The molecule has 0 bridgehead atoms. The van der Waals surface area contributed by atoms with Crippen LogP contribution in [0.1, 0.15) is 46.5 Å². The van der Waals surface area contributed by atoms with Gasteiger partial charge in [-0.1, -0.05) is 20.8 Å². The molecule has 0 aromatic rings. The second kappa shape index (κ2) is 8.15. The summed E-state index contributed by atoms with van der Waals surface area (Å²) in [5.74, 6) is 0.383. The Morgan fingerprint density at radius 1 is 0.923 bits per heavy atom. The lowest BCUT2D eigenvalue weighted by atomic mass is 9.78. The van der Waals surface area contributed by atoms with Gasteiger partial charge in [0.05, 0.1) is 0 Å². The summed E-state index contributed by atoms with van der Waals surface area (Å²) in [6, 6.07) is 0. The third kappa shape index (κ3) is 5.43. The first kappa shape index (κ1) is 20.1. The van der Waals surface area contributed by atoms with Crippen LogP contribution in [-0.2, 0) is 4.79 Å². The Kier molecular flexibility index (Phi) is 6.30. The van der Waals surface area contributed by atoms with Crippen LogP contribution in [0.15, 0.2) is 0 Å². The van der Waals surface area contributed by atoms with Gasteiger partial charge in [-0.3, -0.25) is 4.79 Å². The van der Waals surface area contributed by atoms with E-state index in [9.17, 15) is 4.79 Å². The van der Waals surface area contributed by atoms with E-state index in [2.05, 4.69) is 47.4 Å². The van der Waals surface area contributed by atoms with Crippen LogP contribution in [0.25, 0.3) is 0 Å². The number of piperidine rings is 1. The van der Waals surface area contributed by atoms with Gasteiger partial charge in [-0.15, -0.1) is 0 Å². The fraction of sp³-hybridized carbons (Fsp3) is 0.952. The molecule has 3 aliphatic rings. The number of rotatable bonds is 4. The molecule has 1 unspecified atom stereocenters. The zero-order valence-electron chi connectivity index (χ0n) is 17.6. The van der Waals surface area contributed by atoms with Gasteiger partial charge in [0.1, 0.15) is 0 Å². The lowest BCUT2D eigenvalue weighted by Gasteiger charge is -2.42. The van der Waals surface area contributed by atoms with Crippen molar-refractivity contribution in [2.45, 2.75) is 46.5 Å². The maximum Gasteiger partial charge on any atom is 0.223 e. The zero-order valence-corrected chi connectivity index (χ0v) is 17.6. The number of hydrogen-bond acceptors (Lipinski definition) is 4. The Morgan fingerprint density at radius 3 is 2.35 bits per heavy atom. The van der Waals surface area contributed by atoms with Crippen LogP contribution < -0.4 is 0 Å². The molecular formula is C21H40N4O. The molecule has 26 heavy (non-hydrogen) atoms. The largest absolute Gasteiger partial charge is 0.342 e. The molecule has 0 aromatic heterocycles. The highest BCUT2D eigenvalue weighted by Crippen LogP contribution is 2.39. The van der Waals surface area contributed by atoms with E-state index in [4.69, 9.17) is 0 Å². The third-order valence-electron chi connectivity index (χ3n) is 6.47. The summed E-state index contributed by atoms with van der Waals surface area (Å²) in [7, 11) is 2.18. The van der Waals surface area contributed by atoms with Crippen molar-refractivity contribution < 1.29 is 4.79 Å². The number of amides is 1. The summed E-state index contributed by atoms with van der Waals surface area (Å²) in [4.78, 5) is 22.4. The molecule has 3 heterocycles. The summed E-state index contributed by atoms with van der Waals surface area (Å²) < 4.78 is 0. The SMILES string of the molecule is CN1CCN(CCC(=O)N2CCC3(CCCN(CC(C)(C)C)C3)C2)CC1. The van der Waals surface area contributed by atoms with Gasteiger partial charge < -0.3 is 19.6 Å². The lowest BCUT2D eigenvalue weighted by Crippen LogP contribution is -2.48. The van der Waals surface area contributed by atoms with Crippen LogP contribution in [-0.4, -0.2) is 98.0 Å². The van der Waals surface area contributed by atoms with Crippen LogP contribution in [0.3, 0.4) is 0 Å². The van der Waals surface area contributed by atoms with Crippen molar-refractivity contribution in [2.24, 2.45) is 10.8 Å². The Morgan fingerprint density at radius 2 is 1.65 bits per heavy atom. The van der Waals surface area contributed by atoms with Gasteiger partial charge in [-0.25, -0.2) is 0 Å². The number of carbonyl (C=O) groups excluding carboxylic acids is 1. The lowest BCUT2D eigenvalue weighted by molar-refractivity contribution is -0.131. The summed E-state index contributed by atoms with van der Waals surface area (Å²) >= 11 is 0. The van der Waals surface area contributed by atoms with E-state index in [-0.39, 0.29) is 0 Å². The predicted octanol–water partition coefficient (Wildman–Crippen LogP) is 1.98. The molecule has 3 saturated heterocycles. The third-order valence-corrected chi connectivity index (χ3v) is 6.47. The normalized spacial score (nSPS) is 29.6. The number of hydrogen-bond donors (Lipinski definition) is 0. The fourth-order valence-electron chi connectivity index (χ4n) is 5.08. The topological polar surface area (TPSA) is 30.0 Å². The first-order valence-corrected chi connectivity index (χ1v) is 10.7. The summed E-state index contributed by atoms with van der Waals surface area (Å²) in [6.07, 6.45) is 4.49. The average molecular weight is 365 g/mol. The molecule has 0 radical (unpaired) electrons. The molecule has 0 aromatic carbocycles. The van der Waals surface area contributed by atoms with E-state index in [0.717, 1.165) is 45.8 Å². The highest BCUT2D eigenvalue weighted by molar-refractivity contribution is 5.76. The van der Waals surface area contributed by atoms with Gasteiger partial charge in [0, 0.05) is 70.7 Å². The molecular weight excluding hydrogens is 324 g/mol. The van der Waals surface area contributed by atoms with E-state index in [1.165, 1.54) is 38.9 Å². The van der Waals surface area contributed by atoms with Gasteiger partial charge in [-0.05, 0) is 38.3 Å². The summed E-state index contributed by atoms with van der Waals surface area (Å²) in [5, 5.41) is 0. The zero-order chi connectivity index (χ0) is 18.8. The molecule has 150 valence electrons. The van der Waals surface area contributed by atoms with Crippen molar-refractivity contribution in [3.05, 3.63) is 0 Å². The summed E-state index contributed by atoms with van der Waals surface area (Å²) in [5.41, 5.74) is 0.724. The molecule has 0 N–H and O–H groups in total. The highest BCUT2D eigenvalue weighted by Gasteiger charge is 2.43. The number of likely N-dealkylation sites (N-methyl/N-ethyl adjacent to an activating group) is 1. The first-order valence-electron chi connectivity index (χ1n) is 10.7. The molecule has 0 saturated carbocycles. The molecule has 0 aliphatic carbocycles. The van der Waals surface area contributed by atoms with Crippen LogP contribution in [0.5, 0.6) is 0 Å². The minimum absolute atomic E-state index is 0.356. The van der Waals surface area contributed by atoms with Crippen LogP contribution >= 0.6 is 0 Å². The number of likely N-dealkylation sites (tertiary alicyclic amines) is 2. The molecule has 5 nitrogen and oxygen atoms in total. The molecule has 5 heteroatoms. The van der Waals surface area contributed by atoms with Crippen molar-refractivity contribution in [1.82, 2.24) is 19.6 Å². The minimum Gasteiger partial charge on any atom is -0.342 e. The maximum absolute atomic E-state index is 12.8. The standard InChI is InChI=1S/C21H40N4O/c1-20(2,3)16-24-9-5-7-21(17-24)8-11-25(18-21)19(26)6-10-23-14-12-22(4)13-15-23/h5-18H2,1-4H3. The van der Waals surface area contributed by atoms with Crippen LogP contribution in [0.4, 0.5) is 0 Å². The number of piperazine rings is 1. The highest BCUT2D eigenvalue weighted by atomic mass is 16.2. The van der Waals surface area contributed by atoms with Crippen molar-refractivity contribution in [3.8, 4) is 0 Å². The number of nitrogens with zero attached hydrogens (tertiary/aromatic N) is 4. The molecule has 1 spiro atoms. The van der Waals surface area contributed by atoms with Crippen molar-refractivity contribution in [1.29, 1.82) is 0 Å². The Bertz CT molecular complexity index is 481. The van der Waals surface area contributed by atoms with Crippen molar-refractivity contribution in [3.63, 3.8) is 0 Å². The van der Waals surface area contributed by atoms with Gasteiger partial charge in [0.2, 0.25) is 5.91 Å². The monoisotopic (exact) mass is 364 g/mol. The van der Waals surface area contributed by atoms with Crippen LogP contribution in [0.2, 0.25) is 0 Å². The molecule has 3 aliphatic heterocycles. The van der Waals surface area contributed by atoms with Crippen molar-refractivity contribution in [2.75, 3.05) is 72.5 Å². The van der Waals surface area contributed by atoms with E-state index < -0.39 is 0 Å². The summed E-state index contributed by atoms with van der Waals surface area (Å²) in [6.45, 7) is 18.0. The molecule has 3 fully saturated rings. The van der Waals surface area contributed by atoms with E-state index in [1.807, 2.05) is 0 Å². The average Bonchev–Trinajstić information content (AvgIpc) is 2.96. The molecule has 1 amide bonds. The minimum atomic E-state index is 0.356. The molecule has 1 atom stereocenters. The first-order chi connectivity index (χ1) is 12.2. The second-order valence-corrected chi connectivity index (χ2v) is 10.3. The van der Waals surface area contributed by atoms with Gasteiger partial charge >= 0.3 is 0 Å². The maximum atomic E-state index is 12.8. The Balaban J connectivity index is 1.45. The van der Waals surface area contributed by atoms with Gasteiger partial charge in [-0.2, -0.15) is 0 Å². The second-order valence-electron chi connectivity index (χ2n) is 10.3. The van der Waals surface area contributed by atoms with Gasteiger partial charge in [0.15, 0.2) is 0 Å². The fourth-order valence-corrected chi connectivity index (χ4v) is 5.08. The Labute approximate surface area is 160 Å². The predicted molar refractivity (Wildman–Crippen MR) is 107 cm³/mol. The smallest absolute Gasteiger partial charge is 0.223 e. The van der Waals surface area contributed by atoms with Crippen molar-refractivity contribution >= 4 is 5.91 Å². The quantitative estimate of drug-likeness (QED) is 0.763. The van der Waals surface area contributed by atoms with E-state index >= 15 is 0 Å². The van der Waals surface area contributed by atoms with E-state index in [1.54, 1.807) is 0 Å². The van der Waals surface area contributed by atoms with Gasteiger partial charge in [0.25, 0.3) is 0 Å². The van der Waals surface area contributed by atoms with Crippen LogP contribution in [0, 0.1) is 10.8 Å². The number of carbonyl (C=O) groups is 1. The molecule has 3 rings (SSSR count). The van der Waals surface area contributed by atoms with E-state index in [0.29, 0.717) is 23.2 Å².